The SMILES string of the molecule is Cc1ccc(C(=O)Nc2c(C)cc(Br)cc2C)c(C)c1. The summed E-state index contributed by atoms with van der Waals surface area (Å²) >= 11 is 3.47. The fraction of sp³-hybridized carbons (Fsp3) is 0.235. The van der Waals surface area contributed by atoms with Crippen LogP contribution in [0.15, 0.2) is 34.8 Å². The van der Waals surface area contributed by atoms with E-state index >= 15 is 0 Å². The van der Waals surface area contributed by atoms with Gasteiger partial charge in [-0.15, -0.1) is 0 Å². The maximum atomic E-state index is 12.4. The Hall–Kier alpha value is -1.61. The van der Waals surface area contributed by atoms with E-state index in [1.807, 2.05) is 58.0 Å². The average Bonchev–Trinajstić information content (AvgIpc) is 2.33. The van der Waals surface area contributed by atoms with Gasteiger partial charge in [0, 0.05) is 15.7 Å². The fourth-order valence-corrected chi connectivity index (χ4v) is 3.04. The third kappa shape index (κ3) is 3.10. The summed E-state index contributed by atoms with van der Waals surface area (Å²) < 4.78 is 1.03. The molecule has 0 radical (unpaired) electrons. The molecule has 0 heterocycles. The monoisotopic (exact) mass is 331 g/mol. The Balaban J connectivity index is 2.33. The molecular weight excluding hydrogens is 314 g/mol. The van der Waals surface area contributed by atoms with Crippen LogP contribution in [0.4, 0.5) is 5.69 Å². The largest absolute Gasteiger partial charge is 0.321 e. The van der Waals surface area contributed by atoms with E-state index in [1.165, 1.54) is 0 Å². The van der Waals surface area contributed by atoms with Crippen LogP contribution in [0.3, 0.4) is 0 Å². The van der Waals surface area contributed by atoms with Gasteiger partial charge in [-0.3, -0.25) is 4.79 Å². The van der Waals surface area contributed by atoms with Crippen LogP contribution in [0.5, 0.6) is 0 Å². The molecule has 0 atom stereocenters. The molecule has 20 heavy (non-hydrogen) atoms. The summed E-state index contributed by atoms with van der Waals surface area (Å²) in [6.07, 6.45) is 0. The highest BCUT2D eigenvalue weighted by Gasteiger charge is 2.12. The predicted octanol–water partition coefficient (Wildman–Crippen LogP) is 4.94. The molecule has 2 rings (SSSR count). The van der Waals surface area contributed by atoms with Crippen LogP contribution in [0.1, 0.15) is 32.6 Å². The smallest absolute Gasteiger partial charge is 0.255 e. The number of benzene rings is 2. The minimum Gasteiger partial charge on any atom is -0.321 e. The summed E-state index contributed by atoms with van der Waals surface area (Å²) in [5.74, 6) is -0.0592. The molecule has 2 aromatic carbocycles. The van der Waals surface area contributed by atoms with Gasteiger partial charge in [-0.05, 0) is 62.6 Å². The van der Waals surface area contributed by atoms with Crippen LogP contribution in [0.2, 0.25) is 0 Å². The van der Waals surface area contributed by atoms with Crippen molar-refractivity contribution in [3.8, 4) is 0 Å². The van der Waals surface area contributed by atoms with Crippen molar-refractivity contribution in [1.29, 1.82) is 0 Å². The van der Waals surface area contributed by atoms with Crippen molar-refractivity contribution in [2.45, 2.75) is 27.7 Å². The van der Waals surface area contributed by atoms with Crippen LogP contribution in [0.25, 0.3) is 0 Å². The van der Waals surface area contributed by atoms with E-state index in [0.717, 1.165) is 38.0 Å². The molecule has 104 valence electrons. The topological polar surface area (TPSA) is 29.1 Å². The Bertz CT molecular complexity index is 654. The van der Waals surface area contributed by atoms with E-state index < -0.39 is 0 Å². The van der Waals surface area contributed by atoms with E-state index in [0.29, 0.717) is 0 Å². The van der Waals surface area contributed by atoms with E-state index in [9.17, 15) is 4.79 Å². The molecule has 2 aromatic rings. The Kier molecular flexibility index (Phi) is 4.29. The number of hydrogen-bond acceptors (Lipinski definition) is 1. The summed E-state index contributed by atoms with van der Waals surface area (Å²) in [5, 5.41) is 3.02. The number of halogens is 1. The standard InChI is InChI=1S/C17H18BrNO/c1-10-5-6-15(11(2)7-10)17(20)19-16-12(3)8-14(18)9-13(16)4/h5-9H,1-4H3,(H,19,20). The quantitative estimate of drug-likeness (QED) is 0.830. The highest BCUT2D eigenvalue weighted by atomic mass is 79.9. The van der Waals surface area contributed by atoms with E-state index in [4.69, 9.17) is 0 Å². The first-order valence-electron chi connectivity index (χ1n) is 6.54. The lowest BCUT2D eigenvalue weighted by Crippen LogP contribution is -2.15. The van der Waals surface area contributed by atoms with Gasteiger partial charge >= 0.3 is 0 Å². The zero-order chi connectivity index (χ0) is 14.9. The maximum Gasteiger partial charge on any atom is 0.255 e. The first-order chi connectivity index (χ1) is 9.38. The summed E-state index contributed by atoms with van der Waals surface area (Å²) in [7, 11) is 0. The molecule has 0 aliphatic heterocycles. The van der Waals surface area contributed by atoms with Crippen molar-refractivity contribution >= 4 is 27.5 Å². The number of amides is 1. The summed E-state index contributed by atoms with van der Waals surface area (Å²) in [5.41, 5.74) is 5.87. The molecular formula is C17H18BrNO. The van der Waals surface area contributed by atoms with Gasteiger partial charge in [0.1, 0.15) is 0 Å². The molecule has 2 nitrogen and oxygen atoms in total. The Morgan fingerprint density at radius 1 is 0.950 bits per heavy atom. The minimum absolute atomic E-state index is 0.0592. The molecule has 0 fully saturated rings. The molecule has 3 heteroatoms. The van der Waals surface area contributed by atoms with Gasteiger partial charge in [0.2, 0.25) is 0 Å². The number of aryl methyl sites for hydroxylation is 4. The van der Waals surface area contributed by atoms with Gasteiger partial charge in [-0.2, -0.15) is 0 Å². The molecule has 0 saturated heterocycles. The molecule has 0 saturated carbocycles. The van der Waals surface area contributed by atoms with Crippen LogP contribution in [-0.2, 0) is 0 Å². The van der Waals surface area contributed by atoms with Gasteiger partial charge < -0.3 is 5.32 Å². The second-order valence-electron chi connectivity index (χ2n) is 5.19. The van der Waals surface area contributed by atoms with Crippen molar-refractivity contribution in [3.63, 3.8) is 0 Å². The van der Waals surface area contributed by atoms with Crippen LogP contribution in [0, 0.1) is 27.7 Å². The number of nitrogens with one attached hydrogen (secondary N) is 1. The number of carbonyl (C=O) groups excluding carboxylic acids is 1. The highest BCUT2D eigenvalue weighted by Crippen LogP contribution is 2.26. The first kappa shape index (κ1) is 14.8. The summed E-state index contributed by atoms with van der Waals surface area (Å²) in [6, 6.07) is 9.87. The Morgan fingerprint density at radius 2 is 1.55 bits per heavy atom. The summed E-state index contributed by atoms with van der Waals surface area (Å²) in [4.78, 5) is 12.4. The summed E-state index contributed by atoms with van der Waals surface area (Å²) in [6.45, 7) is 7.98. The maximum absolute atomic E-state index is 12.4. The lowest BCUT2D eigenvalue weighted by Gasteiger charge is -2.13. The van der Waals surface area contributed by atoms with E-state index in [-0.39, 0.29) is 5.91 Å². The van der Waals surface area contributed by atoms with Crippen molar-refractivity contribution in [2.75, 3.05) is 5.32 Å². The van der Waals surface area contributed by atoms with Gasteiger partial charge in [-0.1, -0.05) is 33.6 Å². The molecule has 1 amide bonds. The fourth-order valence-electron chi connectivity index (χ4n) is 2.36. The predicted molar refractivity (Wildman–Crippen MR) is 87.5 cm³/mol. The molecule has 0 spiro atoms. The van der Waals surface area contributed by atoms with Gasteiger partial charge in [0.25, 0.3) is 5.91 Å². The van der Waals surface area contributed by atoms with E-state index in [1.54, 1.807) is 0 Å². The third-order valence-electron chi connectivity index (χ3n) is 3.36. The zero-order valence-electron chi connectivity index (χ0n) is 12.2. The van der Waals surface area contributed by atoms with Gasteiger partial charge in [0.15, 0.2) is 0 Å². The minimum atomic E-state index is -0.0592. The lowest BCUT2D eigenvalue weighted by atomic mass is 10.0. The number of hydrogen-bond donors (Lipinski definition) is 1. The molecule has 0 bridgehead atoms. The lowest BCUT2D eigenvalue weighted by molar-refractivity contribution is 0.102. The molecule has 0 aromatic heterocycles. The van der Waals surface area contributed by atoms with Crippen LogP contribution >= 0.6 is 15.9 Å². The number of rotatable bonds is 2. The second kappa shape index (κ2) is 5.80. The van der Waals surface area contributed by atoms with Crippen LogP contribution < -0.4 is 5.32 Å². The third-order valence-corrected chi connectivity index (χ3v) is 3.82. The van der Waals surface area contributed by atoms with Crippen molar-refractivity contribution < 1.29 is 4.79 Å². The van der Waals surface area contributed by atoms with Crippen LogP contribution in [-0.4, -0.2) is 5.91 Å². The molecule has 0 aliphatic carbocycles. The van der Waals surface area contributed by atoms with Crippen molar-refractivity contribution in [1.82, 2.24) is 0 Å². The number of carbonyl (C=O) groups is 1. The zero-order valence-corrected chi connectivity index (χ0v) is 13.8. The van der Waals surface area contributed by atoms with E-state index in [2.05, 4.69) is 21.2 Å². The van der Waals surface area contributed by atoms with Crippen molar-refractivity contribution in [2.24, 2.45) is 0 Å². The molecule has 0 unspecified atom stereocenters. The molecule has 1 N–H and O–H groups in total. The Labute approximate surface area is 128 Å². The average molecular weight is 332 g/mol. The number of anilines is 1. The van der Waals surface area contributed by atoms with Crippen molar-refractivity contribution in [3.05, 3.63) is 62.6 Å². The van der Waals surface area contributed by atoms with Gasteiger partial charge in [0.05, 0.1) is 0 Å². The second-order valence-corrected chi connectivity index (χ2v) is 6.10. The normalized spacial score (nSPS) is 10.4. The highest BCUT2D eigenvalue weighted by molar-refractivity contribution is 9.10. The Morgan fingerprint density at radius 3 is 2.10 bits per heavy atom. The molecule has 0 aliphatic rings. The first-order valence-corrected chi connectivity index (χ1v) is 7.33. The van der Waals surface area contributed by atoms with Gasteiger partial charge in [-0.25, -0.2) is 0 Å².